The van der Waals surface area contributed by atoms with Crippen molar-refractivity contribution in [3.8, 4) is 5.75 Å². The van der Waals surface area contributed by atoms with Gasteiger partial charge in [0.2, 0.25) is 0 Å². The van der Waals surface area contributed by atoms with Crippen molar-refractivity contribution >= 4 is 12.0 Å². The van der Waals surface area contributed by atoms with Crippen LogP contribution >= 0.6 is 0 Å². The third-order valence-corrected chi connectivity index (χ3v) is 4.68. The maximum absolute atomic E-state index is 11.1. The molecule has 2 heterocycles. The molecule has 0 aliphatic carbocycles. The number of methoxy groups -OCH3 is 1. The molecule has 1 saturated heterocycles. The number of piperidine rings is 1. The van der Waals surface area contributed by atoms with Crippen LogP contribution in [0.25, 0.3) is 6.08 Å². The third kappa shape index (κ3) is 5.53. The molecular weight excluding hydrogens is 358 g/mol. The van der Waals surface area contributed by atoms with Gasteiger partial charge in [0.25, 0.3) is 5.89 Å². The molecule has 148 valence electrons. The Balaban J connectivity index is 1.49. The summed E-state index contributed by atoms with van der Waals surface area (Å²) < 4.78 is 15.6. The van der Waals surface area contributed by atoms with Gasteiger partial charge in [0.05, 0.1) is 7.11 Å². The number of rotatable bonds is 8. The highest BCUT2D eigenvalue weighted by Gasteiger charge is 2.24. The fourth-order valence-electron chi connectivity index (χ4n) is 3.10. The summed E-state index contributed by atoms with van der Waals surface area (Å²) in [7, 11) is 1.35. The van der Waals surface area contributed by atoms with Gasteiger partial charge in [0.15, 0.2) is 12.4 Å². The first-order valence-corrected chi connectivity index (χ1v) is 9.32. The molecule has 1 fully saturated rings. The number of ether oxygens (including phenoxy) is 2. The molecule has 1 aliphatic heterocycles. The lowest BCUT2D eigenvalue weighted by molar-refractivity contribution is -0.134. The van der Waals surface area contributed by atoms with E-state index >= 15 is 0 Å². The molecule has 0 N–H and O–H groups in total. The van der Waals surface area contributed by atoms with Crippen LogP contribution < -0.4 is 4.74 Å². The summed E-state index contributed by atoms with van der Waals surface area (Å²) in [5, 5.41) is 4.13. The molecule has 0 unspecified atom stereocenters. The summed E-state index contributed by atoms with van der Waals surface area (Å²) in [5.74, 6) is 1.87. The number of carbonyl (C=O) groups is 1. The Morgan fingerprint density at radius 3 is 2.75 bits per heavy atom. The standard InChI is InChI=1S/C21H25N3O4/c1-3-12-24-13-10-17(11-14-24)21-22-19(28-23-21)15-27-18-7-4-16(5-8-18)6-9-20(25)26-2/h3-9,17H,1,10-15H2,2H3. The Bertz CT molecular complexity index is 805. The molecule has 3 rings (SSSR count). The SMILES string of the molecule is C=CCN1CCC(c2noc(COc3ccc(C=CC(=O)OC)cc3)n2)CC1. The fraction of sp³-hybridized carbons (Fsp3) is 0.381. The summed E-state index contributed by atoms with van der Waals surface area (Å²) in [6, 6.07) is 7.35. The van der Waals surface area contributed by atoms with Gasteiger partial charge < -0.3 is 14.0 Å². The zero-order chi connectivity index (χ0) is 19.8. The predicted octanol–water partition coefficient (Wildman–Crippen LogP) is 3.20. The van der Waals surface area contributed by atoms with Gasteiger partial charge >= 0.3 is 5.97 Å². The first-order chi connectivity index (χ1) is 13.7. The average molecular weight is 383 g/mol. The van der Waals surface area contributed by atoms with Gasteiger partial charge in [-0.05, 0) is 49.7 Å². The lowest BCUT2D eigenvalue weighted by Crippen LogP contribution is -2.33. The second-order valence-electron chi connectivity index (χ2n) is 6.62. The largest absolute Gasteiger partial charge is 0.484 e. The Morgan fingerprint density at radius 1 is 1.32 bits per heavy atom. The van der Waals surface area contributed by atoms with Crippen LogP contribution in [0.5, 0.6) is 5.75 Å². The minimum absolute atomic E-state index is 0.222. The van der Waals surface area contributed by atoms with Crippen LogP contribution in [0.3, 0.4) is 0 Å². The van der Waals surface area contributed by atoms with E-state index in [0.717, 1.165) is 43.9 Å². The number of aromatic nitrogens is 2. The Hall–Kier alpha value is -2.93. The number of likely N-dealkylation sites (tertiary alicyclic amines) is 1. The van der Waals surface area contributed by atoms with Crippen molar-refractivity contribution in [1.29, 1.82) is 0 Å². The van der Waals surface area contributed by atoms with E-state index in [4.69, 9.17) is 9.26 Å². The summed E-state index contributed by atoms with van der Waals surface area (Å²) in [6.45, 7) is 6.98. The first-order valence-electron chi connectivity index (χ1n) is 9.32. The molecule has 7 heteroatoms. The maximum atomic E-state index is 11.1. The van der Waals surface area contributed by atoms with E-state index in [1.54, 1.807) is 6.08 Å². The first kappa shape index (κ1) is 19.8. The van der Waals surface area contributed by atoms with Crippen molar-refractivity contribution in [3.05, 3.63) is 60.3 Å². The van der Waals surface area contributed by atoms with Crippen molar-refractivity contribution in [2.75, 3.05) is 26.7 Å². The van der Waals surface area contributed by atoms with Gasteiger partial charge in [0.1, 0.15) is 5.75 Å². The average Bonchev–Trinajstić information content (AvgIpc) is 3.21. The highest BCUT2D eigenvalue weighted by Crippen LogP contribution is 2.26. The maximum Gasteiger partial charge on any atom is 0.330 e. The number of carbonyl (C=O) groups excluding carboxylic acids is 1. The molecule has 0 spiro atoms. The zero-order valence-electron chi connectivity index (χ0n) is 16.0. The van der Waals surface area contributed by atoms with E-state index in [0.29, 0.717) is 17.6 Å². The van der Waals surface area contributed by atoms with Crippen LogP contribution in [0.4, 0.5) is 0 Å². The van der Waals surface area contributed by atoms with E-state index in [-0.39, 0.29) is 12.6 Å². The second kappa shape index (κ2) is 9.85. The third-order valence-electron chi connectivity index (χ3n) is 4.68. The molecule has 0 bridgehead atoms. The lowest BCUT2D eigenvalue weighted by Gasteiger charge is -2.29. The topological polar surface area (TPSA) is 77.7 Å². The van der Waals surface area contributed by atoms with Crippen molar-refractivity contribution in [2.45, 2.75) is 25.4 Å². The van der Waals surface area contributed by atoms with Crippen molar-refractivity contribution < 1.29 is 18.8 Å². The molecule has 0 radical (unpaired) electrons. The quantitative estimate of drug-likeness (QED) is 0.393. The van der Waals surface area contributed by atoms with Crippen LogP contribution in [-0.2, 0) is 16.1 Å². The Kier molecular flexibility index (Phi) is 6.97. The molecule has 0 amide bonds. The second-order valence-corrected chi connectivity index (χ2v) is 6.62. The van der Waals surface area contributed by atoms with Gasteiger partial charge in [-0.25, -0.2) is 4.79 Å². The van der Waals surface area contributed by atoms with Crippen molar-refractivity contribution in [1.82, 2.24) is 15.0 Å². The molecule has 0 saturated carbocycles. The van der Waals surface area contributed by atoms with Gasteiger partial charge in [-0.1, -0.05) is 23.4 Å². The van der Waals surface area contributed by atoms with Crippen LogP contribution in [0.2, 0.25) is 0 Å². The number of hydrogen-bond acceptors (Lipinski definition) is 7. The van der Waals surface area contributed by atoms with Crippen molar-refractivity contribution in [2.24, 2.45) is 0 Å². The number of esters is 1. The molecule has 1 aromatic carbocycles. The van der Waals surface area contributed by atoms with Crippen LogP contribution in [-0.4, -0.2) is 47.8 Å². The van der Waals surface area contributed by atoms with Crippen LogP contribution in [0, 0.1) is 0 Å². The van der Waals surface area contributed by atoms with Gasteiger partial charge in [-0.3, -0.25) is 4.90 Å². The summed E-state index contributed by atoms with van der Waals surface area (Å²) in [5.41, 5.74) is 0.876. The lowest BCUT2D eigenvalue weighted by atomic mass is 9.96. The fourth-order valence-corrected chi connectivity index (χ4v) is 3.10. The zero-order valence-corrected chi connectivity index (χ0v) is 16.0. The van der Waals surface area contributed by atoms with Gasteiger partial charge in [0, 0.05) is 18.5 Å². The number of benzene rings is 1. The van der Waals surface area contributed by atoms with E-state index in [2.05, 4.69) is 26.4 Å². The minimum Gasteiger partial charge on any atom is -0.484 e. The molecule has 1 aliphatic rings. The summed E-state index contributed by atoms with van der Waals surface area (Å²) >= 11 is 0. The number of nitrogens with zero attached hydrogens (tertiary/aromatic N) is 3. The van der Waals surface area contributed by atoms with E-state index in [1.807, 2.05) is 30.3 Å². The van der Waals surface area contributed by atoms with E-state index in [1.165, 1.54) is 13.2 Å². The van der Waals surface area contributed by atoms with Crippen LogP contribution in [0.15, 0.2) is 47.5 Å². The van der Waals surface area contributed by atoms with E-state index in [9.17, 15) is 4.79 Å². The molecule has 28 heavy (non-hydrogen) atoms. The van der Waals surface area contributed by atoms with E-state index < -0.39 is 0 Å². The summed E-state index contributed by atoms with van der Waals surface area (Å²) in [4.78, 5) is 18.0. The predicted molar refractivity (Wildman–Crippen MR) is 105 cm³/mol. The monoisotopic (exact) mass is 383 g/mol. The normalized spacial score (nSPS) is 15.6. The van der Waals surface area contributed by atoms with Gasteiger partial charge in [-0.2, -0.15) is 4.98 Å². The minimum atomic E-state index is -0.390. The molecular formula is C21H25N3O4. The Labute approximate surface area is 164 Å². The highest BCUT2D eigenvalue weighted by atomic mass is 16.5. The Morgan fingerprint density at radius 2 is 2.07 bits per heavy atom. The molecule has 2 aromatic rings. The molecule has 0 atom stereocenters. The van der Waals surface area contributed by atoms with Crippen LogP contribution in [0.1, 0.15) is 36.0 Å². The van der Waals surface area contributed by atoms with Crippen molar-refractivity contribution in [3.63, 3.8) is 0 Å². The molecule has 7 nitrogen and oxygen atoms in total. The smallest absolute Gasteiger partial charge is 0.330 e. The summed E-state index contributed by atoms with van der Waals surface area (Å²) in [6.07, 6.45) is 7.03. The number of hydrogen-bond donors (Lipinski definition) is 0. The van der Waals surface area contributed by atoms with Gasteiger partial charge in [-0.15, -0.1) is 6.58 Å². The molecule has 1 aromatic heterocycles. The highest BCUT2D eigenvalue weighted by molar-refractivity contribution is 5.86.